The predicted octanol–water partition coefficient (Wildman–Crippen LogP) is 3.20. The fraction of sp³-hybridized carbons (Fsp3) is 0.333. The zero-order valence-electron chi connectivity index (χ0n) is 7.66. The number of halogens is 1. The number of benzene rings is 1. The molecule has 0 spiro atoms. The second kappa shape index (κ2) is 4.24. The quantitative estimate of drug-likeness (QED) is 0.804. The third-order valence-electron chi connectivity index (χ3n) is 1.68. The molecule has 0 saturated carbocycles. The van der Waals surface area contributed by atoms with E-state index < -0.39 is 9.73 Å². The van der Waals surface area contributed by atoms with Crippen LogP contribution in [0.25, 0.3) is 0 Å². The van der Waals surface area contributed by atoms with Gasteiger partial charge in [-0.1, -0.05) is 19.1 Å². The van der Waals surface area contributed by atoms with E-state index in [2.05, 4.69) is 20.3 Å². The molecule has 0 heterocycles. The van der Waals surface area contributed by atoms with Crippen LogP contribution in [0.3, 0.4) is 0 Å². The van der Waals surface area contributed by atoms with Crippen molar-refractivity contribution in [3.63, 3.8) is 0 Å². The van der Waals surface area contributed by atoms with Crippen LogP contribution >= 0.6 is 15.9 Å². The van der Waals surface area contributed by atoms with Gasteiger partial charge in [0.05, 0.1) is 5.69 Å². The van der Waals surface area contributed by atoms with E-state index in [0.29, 0.717) is 5.75 Å². The topological polar surface area (TPSA) is 29.4 Å². The minimum absolute atomic E-state index is 0.578. The maximum atomic E-state index is 11.7. The van der Waals surface area contributed by atoms with Crippen LogP contribution in [0.15, 0.2) is 33.1 Å². The number of nitrogens with zero attached hydrogens (tertiary/aromatic N) is 1. The standard InChI is InChI=1S/C9H12BrNOS/c1-3-13(2,12)11-9-7-5-4-6-8(9)10/h4-7H,3H2,1-2H3/t13-/m1/s1. The Hall–Kier alpha value is -0.350. The van der Waals surface area contributed by atoms with Crippen LogP contribution in [-0.4, -0.2) is 16.2 Å². The molecule has 4 heteroatoms. The second-order valence-electron chi connectivity index (χ2n) is 2.79. The van der Waals surface area contributed by atoms with Crippen molar-refractivity contribution in [2.75, 3.05) is 12.0 Å². The summed E-state index contributed by atoms with van der Waals surface area (Å²) in [5.41, 5.74) is 0.761. The molecule has 0 aromatic heterocycles. The Morgan fingerprint density at radius 2 is 2.08 bits per heavy atom. The Morgan fingerprint density at radius 1 is 1.46 bits per heavy atom. The first-order valence-electron chi connectivity index (χ1n) is 3.99. The average molecular weight is 262 g/mol. The summed E-state index contributed by atoms with van der Waals surface area (Å²) in [6.45, 7) is 1.88. The highest BCUT2D eigenvalue weighted by atomic mass is 79.9. The van der Waals surface area contributed by atoms with E-state index in [0.717, 1.165) is 10.2 Å². The molecule has 0 N–H and O–H groups in total. The van der Waals surface area contributed by atoms with Crippen molar-refractivity contribution >= 4 is 31.3 Å². The highest BCUT2D eigenvalue weighted by Crippen LogP contribution is 2.25. The third kappa shape index (κ3) is 3.12. The molecule has 0 fully saturated rings. The Kier molecular flexibility index (Phi) is 3.50. The molecule has 2 nitrogen and oxygen atoms in total. The lowest BCUT2D eigenvalue weighted by Crippen LogP contribution is -1.97. The van der Waals surface area contributed by atoms with Gasteiger partial charge in [-0.3, -0.25) is 0 Å². The molecular weight excluding hydrogens is 250 g/mol. The largest absolute Gasteiger partial charge is 0.250 e. The van der Waals surface area contributed by atoms with Gasteiger partial charge in [0.25, 0.3) is 0 Å². The van der Waals surface area contributed by atoms with Crippen molar-refractivity contribution < 1.29 is 4.21 Å². The van der Waals surface area contributed by atoms with Crippen LogP contribution in [0.2, 0.25) is 0 Å². The summed E-state index contributed by atoms with van der Waals surface area (Å²) in [6, 6.07) is 7.54. The predicted molar refractivity (Wildman–Crippen MR) is 60.8 cm³/mol. The summed E-state index contributed by atoms with van der Waals surface area (Å²) in [6.07, 6.45) is 1.67. The van der Waals surface area contributed by atoms with Gasteiger partial charge in [0.15, 0.2) is 0 Å². The maximum Gasteiger partial charge on any atom is 0.0872 e. The van der Waals surface area contributed by atoms with Crippen molar-refractivity contribution in [3.05, 3.63) is 28.7 Å². The van der Waals surface area contributed by atoms with Crippen LogP contribution < -0.4 is 0 Å². The number of rotatable bonds is 2. The van der Waals surface area contributed by atoms with Gasteiger partial charge in [0.2, 0.25) is 0 Å². The molecule has 1 aromatic rings. The fourth-order valence-corrected chi connectivity index (χ4v) is 1.99. The zero-order chi connectivity index (χ0) is 9.90. The van der Waals surface area contributed by atoms with Crippen molar-refractivity contribution in [3.8, 4) is 0 Å². The molecule has 0 aliphatic carbocycles. The first-order chi connectivity index (χ1) is 6.05. The van der Waals surface area contributed by atoms with E-state index in [1.807, 2.05) is 31.2 Å². The summed E-state index contributed by atoms with van der Waals surface area (Å²) in [5, 5.41) is 0. The number of hydrogen-bond donors (Lipinski definition) is 0. The van der Waals surface area contributed by atoms with Gasteiger partial charge in [0, 0.05) is 26.2 Å². The van der Waals surface area contributed by atoms with E-state index in [4.69, 9.17) is 0 Å². The molecule has 0 saturated heterocycles. The Bertz CT molecular complexity index is 408. The molecule has 1 aromatic carbocycles. The molecule has 72 valence electrons. The van der Waals surface area contributed by atoms with Gasteiger partial charge >= 0.3 is 0 Å². The van der Waals surface area contributed by atoms with Crippen LogP contribution in [0.4, 0.5) is 5.69 Å². The molecule has 1 rings (SSSR count). The molecule has 0 aliphatic rings. The zero-order valence-corrected chi connectivity index (χ0v) is 10.1. The van der Waals surface area contributed by atoms with Gasteiger partial charge < -0.3 is 0 Å². The van der Waals surface area contributed by atoms with Crippen molar-refractivity contribution in [1.82, 2.24) is 0 Å². The van der Waals surface area contributed by atoms with E-state index in [1.165, 1.54) is 0 Å². The van der Waals surface area contributed by atoms with Crippen LogP contribution in [-0.2, 0) is 9.73 Å². The average Bonchev–Trinajstić information content (AvgIpc) is 2.09. The minimum Gasteiger partial charge on any atom is -0.250 e. The molecule has 0 bridgehead atoms. The van der Waals surface area contributed by atoms with Gasteiger partial charge in [-0.25, -0.2) is 4.21 Å². The molecule has 0 amide bonds. The highest BCUT2D eigenvalue weighted by molar-refractivity contribution is 9.10. The lowest BCUT2D eigenvalue weighted by Gasteiger charge is -2.01. The van der Waals surface area contributed by atoms with Crippen LogP contribution in [0.5, 0.6) is 0 Å². The minimum atomic E-state index is -2.05. The molecule has 13 heavy (non-hydrogen) atoms. The summed E-state index contributed by atoms with van der Waals surface area (Å²) < 4.78 is 16.8. The first kappa shape index (κ1) is 10.7. The number of hydrogen-bond acceptors (Lipinski definition) is 2. The molecule has 0 radical (unpaired) electrons. The normalized spacial score (nSPS) is 15.0. The van der Waals surface area contributed by atoms with E-state index in [9.17, 15) is 4.21 Å². The van der Waals surface area contributed by atoms with Crippen LogP contribution in [0, 0.1) is 0 Å². The SMILES string of the molecule is CC[S@@](C)(=O)=Nc1ccccc1Br. The Morgan fingerprint density at radius 3 is 2.62 bits per heavy atom. The van der Waals surface area contributed by atoms with Crippen LogP contribution in [0.1, 0.15) is 6.92 Å². The van der Waals surface area contributed by atoms with Crippen molar-refractivity contribution in [2.45, 2.75) is 6.92 Å². The Balaban J connectivity index is 3.19. The van der Waals surface area contributed by atoms with Gasteiger partial charge in [-0.15, -0.1) is 0 Å². The summed E-state index contributed by atoms with van der Waals surface area (Å²) in [5.74, 6) is 0.578. The smallest absolute Gasteiger partial charge is 0.0872 e. The van der Waals surface area contributed by atoms with Crippen molar-refractivity contribution in [2.24, 2.45) is 4.36 Å². The monoisotopic (exact) mass is 261 g/mol. The molecule has 1 atom stereocenters. The van der Waals surface area contributed by atoms with Crippen molar-refractivity contribution in [1.29, 1.82) is 0 Å². The molecule has 0 unspecified atom stereocenters. The lowest BCUT2D eigenvalue weighted by atomic mass is 10.3. The Labute approximate surface area is 87.7 Å². The summed E-state index contributed by atoms with van der Waals surface area (Å²) in [7, 11) is -2.05. The van der Waals surface area contributed by atoms with E-state index in [-0.39, 0.29) is 0 Å². The third-order valence-corrected chi connectivity index (χ3v) is 4.00. The molecule has 0 aliphatic heterocycles. The lowest BCUT2D eigenvalue weighted by molar-refractivity contribution is 0.681. The van der Waals surface area contributed by atoms with E-state index in [1.54, 1.807) is 6.26 Å². The first-order valence-corrected chi connectivity index (χ1v) is 6.88. The second-order valence-corrected chi connectivity index (χ2v) is 6.32. The highest BCUT2D eigenvalue weighted by Gasteiger charge is 2.00. The fourth-order valence-electron chi connectivity index (χ4n) is 0.798. The van der Waals surface area contributed by atoms with Gasteiger partial charge in [-0.05, 0) is 28.1 Å². The molecular formula is C9H12BrNOS. The summed E-state index contributed by atoms with van der Waals surface area (Å²) >= 11 is 3.36. The summed E-state index contributed by atoms with van der Waals surface area (Å²) in [4.78, 5) is 0. The van der Waals surface area contributed by atoms with Gasteiger partial charge in [-0.2, -0.15) is 4.36 Å². The van der Waals surface area contributed by atoms with Gasteiger partial charge in [0.1, 0.15) is 0 Å². The maximum absolute atomic E-state index is 11.7. The van der Waals surface area contributed by atoms with E-state index >= 15 is 0 Å².